The van der Waals surface area contributed by atoms with Gasteiger partial charge in [-0.2, -0.15) is 10.5 Å². The van der Waals surface area contributed by atoms with Gasteiger partial charge < -0.3 is 5.73 Å². The molecule has 0 atom stereocenters. The Kier molecular flexibility index (Phi) is 3.34. The lowest BCUT2D eigenvalue weighted by Crippen LogP contribution is -2.07. The van der Waals surface area contributed by atoms with E-state index in [1.165, 1.54) is 12.8 Å². The molecule has 0 bridgehead atoms. The summed E-state index contributed by atoms with van der Waals surface area (Å²) in [6.07, 6.45) is 4.63. The van der Waals surface area contributed by atoms with Crippen molar-refractivity contribution in [1.29, 1.82) is 10.5 Å². The lowest BCUT2D eigenvalue weighted by atomic mass is 9.96. The van der Waals surface area contributed by atoms with E-state index in [0.29, 0.717) is 17.2 Å². The minimum atomic E-state index is 0.180. The summed E-state index contributed by atoms with van der Waals surface area (Å²) in [5, 5.41) is 17.3. The maximum Gasteiger partial charge on any atom is 0.0968 e. The van der Waals surface area contributed by atoms with Gasteiger partial charge in [0.25, 0.3) is 0 Å². The van der Waals surface area contributed by atoms with Gasteiger partial charge in [-0.1, -0.05) is 12.8 Å². The third kappa shape index (κ3) is 2.23. The highest BCUT2D eigenvalue weighted by atomic mass is 14.6. The van der Waals surface area contributed by atoms with Crippen molar-refractivity contribution in [2.45, 2.75) is 32.1 Å². The molecular formula is C10H13N3. The van der Waals surface area contributed by atoms with E-state index in [9.17, 15) is 0 Å². The summed E-state index contributed by atoms with van der Waals surface area (Å²) in [6.45, 7) is 0. The average Bonchev–Trinajstić information content (AvgIpc) is 2.59. The van der Waals surface area contributed by atoms with Gasteiger partial charge in [0.1, 0.15) is 0 Å². The van der Waals surface area contributed by atoms with Crippen molar-refractivity contribution in [1.82, 2.24) is 0 Å². The molecule has 0 saturated heterocycles. The Bertz CT molecular complexity index is 284. The monoisotopic (exact) mass is 175 g/mol. The molecule has 1 saturated carbocycles. The van der Waals surface area contributed by atoms with E-state index in [1.807, 2.05) is 6.07 Å². The molecule has 0 unspecified atom stereocenters. The summed E-state index contributed by atoms with van der Waals surface area (Å²) in [5.74, 6) is 0.318. The van der Waals surface area contributed by atoms with E-state index < -0.39 is 0 Å². The van der Waals surface area contributed by atoms with E-state index in [-0.39, 0.29) is 6.42 Å². The predicted octanol–water partition coefficient (Wildman–Crippen LogP) is 1.83. The number of nitrogens with two attached hydrogens (primary N) is 1. The van der Waals surface area contributed by atoms with Gasteiger partial charge in [0.2, 0.25) is 0 Å². The van der Waals surface area contributed by atoms with E-state index >= 15 is 0 Å². The number of rotatable bonds is 2. The smallest absolute Gasteiger partial charge is 0.0968 e. The van der Waals surface area contributed by atoms with Crippen LogP contribution in [-0.2, 0) is 0 Å². The van der Waals surface area contributed by atoms with Crippen molar-refractivity contribution in [3.8, 4) is 12.1 Å². The van der Waals surface area contributed by atoms with Crippen molar-refractivity contribution in [2.75, 3.05) is 0 Å². The van der Waals surface area contributed by atoms with Gasteiger partial charge in [0.05, 0.1) is 24.1 Å². The first kappa shape index (κ1) is 9.61. The predicted molar refractivity (Wildman–Crippen MR) is 49.0 cm³/mol. The normalized spacial score (nSPS) is 18.9. The highest BCUT2D eigenvalue weighted by molar-refractivity contribution is 5.30. The van der Waals surface area contributed by atoms with Crippen LogP contribution in [0.4, 0.5) is 0 Å². The van der Waals surface area contributed by atoms with E-state index in [4.69, 9.17) is 16.3 Å². The number of allylic oxidation sites excluding steroid dienone is 2. The zero-order valence-electron chi connectivity index (χ0n) is 7.58. The van der Waals surface area contributed by atoms with Crippen LogP contribution in [0.3, 0.4) is 0 Å². The Balaban J connectivity index is 2.77. The molecule has 0 aromatic rings. The highest BCUT2D eigenvalue weighted by Gasteiger charge is 2.21. The topological polar surface area (TPSA) is 73.6 Å². The molecule has 13 heavy (non-hydrogen) atoms. The van der Waals surface area contributed by atoms with E-state index in [2.05, 4.69) is 6.07 Å². The largest absolute Gasteiger partial charge is 0.400 e. The van der Waals surface area contributed by atoms with Gasteiger partial charge in [-0.3, -0.25) is 0 Å². The molecule has 0 aromatic heterocycles. The molecule has 3 nitrogen and oxygen atoms in total. The third-order valence-electron chi connectivity index (χ3n) is 2.50. The van der Waals surface area contributed by atoms with Crippen molar-refractivity contribution in [3.63, 3.8) is 0 Å². The van der Waals surface area contributed by atoms with Gasteiger partial charge in [0, 0.05) is 5.70 Å². The van der Waals surface area contributed by atoms with Gasteiger partial charge in [-0.05, 0) is 18.8 Å². The molecule has 0 radical (unpaired) electrons. The molecule has 1 rings (SSSR count). The minimum Gasteiger partial charge on any atom is -0.400 e. The SMILES string of the molecule is N#CCC(N)=C(C#N)C1CCCC1. The Morgan fingerprint density at radius 3 is 2.38 bits per heavy atom. The fraction of sp³-hybridized carbons (Fsp3) is 0.600. The highest BCUT2D eigenvalue weighted by Crippen LogP contribution is 2.31. The molecule has 1 aliphatic rings. The molecule has 0 aromatic carbocycles. The van der Waals surface area contributed by atoms with Crippen LogP contribution in [0.2, 0.25) is 0 Å². The van der Waals surface area contributed by atoms with Crippen LogP contribution in [0.1, 0.15) is 32.1 Å². The molecule has 0 amide bonds. The Morgan fingerprint density at radius 1 is 1.31 bits per heavy atom. The Morgan fingerprint density at radius 2 is 1.92 bits per heavy atom. The second-order valence-corrected chi connectivity index (χ2v) is 3.37. The lowest BCUT2D eigenvalue weighted by Gasteiger charge is -2.08. The van der Waals surface area contributed by atoms with E-state index in [0.717, 1.165) is 12.8 Å². The first-order chi connectivity index (χ1) is 6.29. The molecule has 3 heteroatoms. The Labute approximate surface area is 78.5 Å². The zero-order valence-corrected chi connectivity index (χ0v) is 7.58. The van der Waals surface area contributed by atoms with Gasteiger partial charge in [0.15, 0.2) is 0 Å². The van der Waals surface area contributed by atoms with Crippen LogP contribution in [-0.4, -0.2) is 0 Å². The van der Waals surface area contributed by atoms with Crippen LogP contribution in [0.25, 0.3) is 0 Å². The van der Waals surface area contributed by atoms with E-state index in [1.54, 1.807) is 0 Å². The fourth-order valence-corrected chi connectivity index (χ4v) is 1.82. The summed E-state index contributed by atoms with van der Waals surface area (Å²) in [6, 6.07) is 4.10. The second-order valence-electron chi connectivity index (χ2n) is 3.37. The molecule has 1 fully saturated rings. The van der Waals surface area contributed by atoms with Crippen molar-refractivity contribution >= 4 is 0 Å². The number of hydrogen-bond donors (Lipinski definition) is 1. The van der Waals surface area contributed by atoms with Crippen molar-refractivity contribution < 1.29 is 0 Å². The molecule has 0 aliphatic heterocycles. The Hall–Kier alpha value is -1.48. The molecule has 68 valence electrons. The van der Waals surface area contributed by atoms with Crippen molar-refractivity contribution in [2.24, 2.45) is 11.7 Å². The first-order valence-electron chi connectivity index (χ1n) is 4.55. The molecule has 2 N–H and O–H groups in total. The van der Waals surface area contributed by atoms with Gasteiger partial charge in [-0.25, -0.2) is 0 Å². The fourth-order valence-electron chi connectivity index (χ4n) is 1.82. The maximum absolute atomic E-state index is 8.89. The molecule has 1 aliphatic carbocycles. The van der Waals surface area contributed by atoms with Crippen molar-refractivity contribution in [3.05, 3.63) is 11.3 Å². The zero-order chi connectivity index (χ0) is 9.68. The minimum absolute atomic E-state index is 0.180. The number of nitriles is 2. The molecule has 0 heterocycles. The number of nitrogens with zero attached hydrogens (tertiary/aromatic N) is 2. The summed E-state index contributed by atoms with van der Waals surface area (Å²) in [4.78, 5) is 0. The summed E-state index contributed by atoms with van der Waals surface area (Å²) in [5.41, 5.74) is 6.77. The van der Waals surface area contributed by atoms with Crippen LogP contribution in [0.5, 0.6) is 0 Å². The molecular weight excluding hydrogens is 162 g/mol. The third-order valence-corrected chi connectivity index (χ3v) is 2.50. The van der Waals surface area contributed by atoms with Gasteiger partial charge >= 0.3 is 0 Å². The average molecular weight is 175 g/mol. The van der Waals surface area contributed by atoms with Crippen LogP contribution in [0, 0.1) is 28.6 Å². The maximum atomic E-state index is 8.89. The summed E-state index contributed by atoms with van der Waals surface area (Å²) in [7, 11) is 0. The summed E-state index contributed by atoms with van der Waals surface area (Å²) >= 11 is 0. The van der Waals surface area contributed by atoms with Crippen LogP contribution < -0.4 is 5.73 Å². The van der Waals surface area contributed by atoms with Crippen LogP contribution in [0.15, 0.2) is 11.3 Å². The quantitative estimate of drug-likeness (QED) is 0.650. The second kappa shape index (κ2) is 4.52. The number of hydrogen-bond acceptors (Lipinski definition) is 3. The first-order valence-corrected chi connectivity index (χ1v) is 4.55. The van der Waals surface area contributed by atoms with Gasteiger partial charge in [-0.15, -0.1) is 0 Å². The summed E-state index contributed by atoms with van der Waals surface area (Å²) < 4.78 is 0. The van der Waals surface area contributed by atoms with Crippen LogP contribution >= 0.6 is 0 Å². The molecule has 0 spiro atoms. The standard InChI is InChI=1S/C10H13N3/c11-6-5-10(13)9(7-12)8-3-1-2-4-8/h8H,1-5,13H2. The lowest BCUT2D eigenvalue weighted by molar-refractivity contribution is 0.650.